The molecule has 1 fully saturated rings. The van der Waals surface area contributed by atoms with Gasteiger partial charge in [0.25, 0.3) is 0 Å². The van der Waals surface area contributed by atoms with E-state index in [-0.39, 0.29) is 0 Å². The lowest BCUT2D eigenvalue weighted by molar-refractivity contribution is -0.137. The van der Waals surface area contributed by atoms with E-state index in [1.807, 2.05) is 0 Å². The number of nitrogens with one attached hydrogen (secondary N) is 1. The van der Waals surface area contributed by atoms with Gasteiger partial charge in [-0.05, 0) is 19.4 Å². The van der Waals surface area contributed by atoms with Crippen molar-refractivity contribution in [2.24, 2.45) is 0 Å². The van der Waals surface area contributed by atoms with Crippen molar-refractivity contribution < 1.29 is 9.47 Å². The standard InChI is InChI=1S/C9H19NO2/c1-2-3-5-10-7-9-4-6-11-8-12-9/h9-10H,2-8H2,1H3. The average Bonchev–Trinajstić information content (AvgIpc) is 2.14. The minimum atomic E-state index is 0.371. The Morgan fingerprint density at radius 1 is 1.50 bits per heavy atom. The monoisotopic (exact) mass is 173 g/mol. The minimum absolute atomic E-state index is 0.371. The van der Waals surface area contributed by atoms with Gasteiger partial charge < -0.3 is 14.8 Å². The summed E-state index contributed by atoms with van der Waals surface area (Å²) in [7, 11) is 0. The fourth-order valence-corrected chi connectivity index (χ4v) is 1.23. The van der Waals surface area contributed by atoms with Crippen LogP contribution in [0, 0.1) is 0 Å². The number of hydrogen-bond acceptors (Lipinski definition) is 3. The van der Waals surface area contributed by atoms with Gasteiger partial charge in [0.1, 0.15) is 6.79 Å². The van der Waals surface area contributed by atoms with E-state index in [1.165, 1.54) is 12.8 Å². The topological polar surface area (TPSA) is 30.5 Å². The quantitative estimate of drug-likeness (QED) is 0.632. The van der Waals surface area contributed by atoms with Crippen molar-refractivity contribution in [1.29, 1.82) is 0 Å². The van der Waals surface area contributed by atoms with Gasteiger partial charge >= 0.3 is 0 Å². The molecule has 1 unspecified atom stereocenters. The molecule has 3 nitrogen and oxygen atoms in total. The zero-order valence-electron chi connectivity index (χ0n) is 7.84. The highest BCUT2D eigenvalue weighted by Gasteiger charge is 2.12. The maximum atomic E-state index is 5.37. The summed E-state index contributed by atoms with van der Waals surface area (Å²) >= 11 is 0. The molecule has 0 aromatic heterocycles. The Labute approximate surface area is 74.4 Å². The zero-order chi connectivity index (χ0) is 8.65. The van der Waals surface area contributed by atoms with Gasteiger partial charge in [-0.2, -0.15) is 0 Å². The fourth-order valence-electron chi connectivity index (χ4n) is 1.23. The summed E-state index contributed by atoms with van der Waals surface area (Å²) in [6.45, 7) is 5.60. The van der Waals surface area contributed by atoms with Crippen LogP contribution in [-0.2, 0) is 9.47 Å². The van der Waals surface area contributed by atoms with E-state index in [1.54, 1.807) is 0 Å². The highest BCUT2D eigenvalue weighted by atomic mass is 16.7. The molecule has 1 saturated heterocycles. The van der Waals surface area contributed by atoms with Crippen molar-refractivity contribution >= 4 is 0 Å². The maximum absolute atomic E-state index is 5.37. The summed E-state index contributed by atoms with van der Waals surface area (Å²) in [5, 5.41) is 3.38. The van der Waals surface area contributed by atoms with Crippen molar-refractivity contribution in [2.75, 3.05) is 26.5 Å². The van der Waals surface area contributed by atoms with Crippen LogP contribution in [0.2, 0.25) is 0 Å². The van der Waals surface area contributed by atoms with E-state index in [0.29, 0.717) is 12.9 Å². The molecule has 0 aromatic rings. The van der Waals surface area contributed by atoms with Crippen molar-refractivity contribution in [2.45, 2.75) is 32.3 Å². The lowest BCUT2D eigenvalue weighted by Crippen LogP contribution is -2.34. The van der Waals surface area contributed by atoms with Crippen LogP contribution in [0.15, 0.2) is 0 Å². The number of unbranched alkanes of at least 4 members (excludes halogenated alkanes) is 1. The summed E-state index contributed by atoms with van der Waals surface area (Å²) < 4.78 is 10.5. The van der Waals surface area contributed by atoms with Gasteiger partial charge in [-0.15, -0.1) is 0 Å². The van der Waals surface area contributed by atoms with Gasteiger partial charge in [0.2, 0.25) is 0 Å². The largest absolute Gasteiger partial charge is 0.355 e. The minimum Gasteiger partial charge on any atom is -0.355 e. The molecule has 1 N–H and O–H groups in total. The molecule has 72 valence electrons. The smallest absolute Gasteiger partial charge is 0.147 e. The summed E-state index contributed by atoms with van der Waals surface area (Å²) in [6.07, 6.45) is 3.90. The van der Waals surface area contributed by atoms with Gasteiger partial charge in [-0.1, -0.05) is 13.3 Å². The van der Waals surface area contributed by atoms with Crippen LogP contribution in [0.3, 0.4) is 0 Å². The molecule has 1 aliphatic rings. The van der Waals surface area contributed by atoms with Crippen LogP contribution in [0.25, 0.3) is 0 Å². The maximum Gasteiger partial charge on any atom is 0.147 e. The molecule has 0 radical (unpaired) electrons. The molecule has 0 bridgehead atoms. The second kappa shape index (κ2) is 6.40. The first kappa shape index (κ1) is 9.96. The molecule has 3 heteroatoms. The lowest BCUT2D eigenvalue weighted by Gasteiger charge is -2.22. The van der Waals surface area contributed by atoms with Crippen molar-refractivity contribution in [3.8, 4) is 0 Å². The molecule has 12 heavy (non-hydrogen) atoms. The van der Waals surface area contributed by atoms with E-state index in [9.17, 15) is 0 Å². The van der Waals surface area contributed by atoms with Gasteiger partial charge in [-0.25, -0.2) is 0 Å². The predicted octanol–water partition coefficient (Wildman–Crippen LogP) is 1.14. The Bertz CT molecular complexity index is 103. The first-order chi connectivity index (χ1) is 5.93. The highest BCUT2D eigenvalue weighted by molar-refractivity contribution is 4.63. The molecule has 0 aliphatic carbocycles. The molecule has 0 amide bonds. The second-order valence-corrected chi connectivity index (χ2v) is 3.16. The Morgan fingerprint density at radius 3 is 3.08 bits per heavy atom. The predicted molar refractivity (Wildman–Crippen MR) is 48.1 cm³/mol. The van der Waals surface area contributed by atoms with Gasteiger partial charge in [0.15, 0.2) is 0 Å². The van der Waals surface area contributed by atoms with E-state index >= 15 is 0 Å². The Kier molecular flexibility index (Phi) is 5.32. The summed E-state index contributed by atoms with van der Waals surface area (Å²) in [6, 6.07) is 0. The first-order valence-electron chi connectivity index (χ1n) is 4.83. The van der Waals surface area contributed by atoms with Crippen molar-refractivity contribution in [1.82, 2.24) is 5.32 Å². The molecular weight excluding hydrogens is 154 g/mol. The van der Waals surface area contributed by atoms with Gasteiger partial charge in [0, 0.05) is 6.54 Å². The number of rotatable bonds is 5. The highest BCUT2D eigenvalue weighted by Crippen LogP contribution is 2.04. The number of hydrogen-bond donors (Lipinski definition) is 1. The molecule has 0 spiro atoms. The van der Waals surface area contributed by atoms with Crippen LogP contribution in [-0.4, -0.2) is 32.6 Å². The van der Waals surface area contributed by atoms with Gasteiger partial charge in [-0.3, -0.25) is 0 Å². The molecule has 1 aliphatic heterocycles. The Morgan fingerprint density at radius 2 is 2.42 bits per heavy atom. The molecule has 1 atom stereocenters. The van der Waals surface area contributed by atoms with E-state index in [4.69, 9.17) is 9.47 Å². The van der Waals surface area contributed by atoms with Crippen LogP contribution in [0.4, 0.5) is 0 Å². The Balaban J connectivity index is 1.91. The molecule has 1 heterocycles. The molecule has 0 aromatic carbocycles. The molecule has 1 rings (SSSR count). The third-order valence-electron chi connectivity index (χ3n) is 2.05. The normalized spacial score (nSPS) is 24.2. The van der Waals surface area contributed by atoms with Crippen LogP contribution in [0.5, 0.6) is 0 Å². The summed E-state index contributed by atoms with van der Waals surface area (Å²) in [4.78, 5) is 0. The molecule has 0 saturated carbocycles. The van der Waals surface area contributed by atoms with Crippen LogP contribution in [0.1, 0.15) is 26.2 Å². The van der Waals surface area contributed by atoms with Crippen molar-refractivity contribution in [3.05, 3.63) is 0 Å². The third kappa shape index (κ3) is 4.04. The lowest BCUT2D eigenvalue weighted by atomic mass is 10.2. The summed E-state index contributed by atoms with van der Waals surface area (Å²) in [5.41, 5.74) is 0. The first-order valence-corrected chi connectivity index (χ1v) is 4.83. The average molecular weight is 173 g/mol. The van der Waals surface area contributed by atoms with E-state index in [0.717, 1.165) is 26.1 Å². The number of ether oxygens (including phenoxy) is 2. The fraction of sp³-hybridized carbons (Fsp3) is 1.00. The second-order valence-electron chi connectivity index (χ2n) is 3.16. The third-order valence-corrected chi connectivity index (χ3v) is 2.05. The summed E-state index contributed by atoms with van der Waals surface area (Å²) in [5.74, 6) is 0. The molecular formula is C9H19NO2. The van der Waals surface area contributed by atoms with Gasteiger partial charge in [0.05, 0.1) is 12.7 Å². The van der Waals surface area contributed by atoms with Crippen LogP contribution >= 0.6 is 0 Å². The Hall–Kier alpha value is -0.120. The van der Waals surface area contributed by atoms with Crippen LogP contribution < -0.4 is 5.32 Å². The van der Waals surface area contributed by atoms with E-state index in [2.05, 4.69) is 12.2 Å². The van der Waals surface area contributed by atoms with E-state index < -0.39 is 0 Å². The van der Waals surface area contributed by atoms with Crippen molar-refractivity contribution in [3.63, 3.8) is 0 Å². The zero-order valence-corrected chi connectivity index (χ0v) is 7.84. The SMILES string of the molecule is CCCCNCC1CCOCO1.